The predicted molar refractivity (Wildman–Crippen MR) is 75.7 cm³/mol. The predicted octanol–water partition coefficient (Wildman–Crippen LogP) is 3.51. The van der Waals surface area contributed by atoms with Gasteiger partial charge >= 0.3 is 5.97 Å². The largest absolute Gasteiger partial charge is 0.458 e. The summed E-state index contributed by atoms with van der Waals surface area (Å²) in [5, 5.41) is 0. The van der Waals surface area contributed by atoms with Crippen LogP contribution in [0.1, 0.15) is 16.7 Å². The molecule has 0 fully saturated rings. The SMILES string of the molecule is C=CC(=O)OCc1ccc(Cc2ccccc2)cc1. The highest BCUT2D eigenvalue weighted by molar-refractivity contribution is 5.81. The van der Waals surface area contributed by atoms with E-state index in [-0.39, 0.29) is 6.61 Å². The van der Waals surface area contributed by atoms with Crippen molar-refractivity contribution in [1.29, 1.82) is 0 Å². The third-order valence-corrected chi connectivity index (χ3v) is 2.82. The Kier molecular flexibility index (Phi) is 4.51. The Morgan fingerprint density at radius 1 is 0.947 bits per heavy atom. The van der Waals surface area contributed by atoms with Crippen molar-refractivity contribution in [3.63, 3.8) is 0 Å². The number of hydrogen-bond acceptors (Lipinski definition) is 2. The molecule has 0 aliphatic heterocycles. The molecule has 2 heteroatoms. The molecule has 2 nitrogen and oxygen atoms in total. The van der Waals surface area contributed by atoms with E-state index < -0.39 is 5.97 Å². The molecular weight excluding hydrogens is 236 g/mol. The number of rotatable bonds is 5. The van der Waals surface area contributed by atoms with Gasteiger partial charge in [0, 0.05) is 6.08 Å². The van der Waals surface area contributed by atoms with Crippen LogP contribution in [0.4, 0.5) is 0 Å². The Balaban J connectivity index is 1.95. The Bertz CT molecular complexity index is 541. The summed E-state index contributed by atoms with van der Waals surface area (Å²) in [5.74, 6) is -0.395. The van der Waals surface area contributed by atoms with Gasteiger partial charge in [-0.05, 0) is 23.1 Å². The van der Waals surface area contributed by atoms with Crippen LogP contribution in [0.15, 0.2) is 67.3 Å². The molecule has 0 saturated carbocycles. The highest BCUT2D eigenvalue weighted by Gasteiger charge is 1.99. The molecule has 2 aromatic rings. The molecule has 2 aromatic carbocycles. The Morgan fingerprint density at radius 3 is 2.16 bits per heavy atom. The van der Waals surface area contributed by atoms with Gasteiger partial charge in [0.1, 0.15) is 6.61 Å². The number of carbonyl (C=O) groups excluding carboxylic acids is 1. The number of esters is 1. The zero-order valence-corrected chi connectivity index (χ0v) is 10.7. The second kappa shape index (κ2) is 6.55. The van der Waals surface area contributed by atoms with E-state index in [0.717, 1.165) is 12.0 Å². The van der Waals surface area contributed by atoms with Gasteiger partial charge in [-0.3, -0.25) is 0 Å². The molecule has 96 valence electrons. The lowest BCUT2D eigenvalue weighted by molar-refractivity contribution is -0.138. The highest BCUT2D eigenvalue weighted by atomic mass is 16.5. The molecule has 0 aromatic heterocycles. The lowest BCUT2D eigenvalue weighted by Crippen LogP contribution is -2.00. The molecule has 0 bridgehead atoms. The second-order valence-electron chi connectivity index (χ2n) is 4.29. The zero-order valence-electron chi connectivity index (χ0n) is 10.7. The van der Waals surface area contributed by atoms with Gasteiger partial charge in [0.15, 0.2) is 0 Å². The molecule has 0 atom stereocenters. The first-order valence-electron chi connectivity index (χ1n) is 6.19. The number of benzene rings is 2. The first-order chi connectivity index (χ1) is 9.28. The molecule has 2 rings (SSSR count). The molecule has 0 radical (unpaired) electrons. The van der Waals surface area contributed by atoms with Crippen LogP contribution in [0.3, 0.4) is 0 Å². The maximum atomic E-state index is 11.0. The first-order valence-corrected chi connectivity index (χ1v) is 6.19. The molecule has 0 N–H and O–H groups in total. The summed E-state index contributed by atoms with van der Waals surface area (Å²) in [6, 6.07) is 18.4. The maximum Gasteiger partial charge on any atom is 0.330 e. The fraction of sp³-hybridized carbons (Fsp3) is 0.118. The summed E-state index contributed by atoms with van der Waals surface area (Å²) in [4.78, 5) is 11.0. The van der Waals surface area contributed by atoms with Crippen molar-refractivity contribution in [2.24, 2.45) is 0 Å². The fourth-order valence-corrected chi connectivity index (χ4v) is 1.80. The monoisotopic (exact) mass is 252 g/mol. The van der Waals surface area contributed by atoms with Crippen LogP contribution in [0.2, 0.25) is 0 Å². The van der Waals surface area contributed by atoms with Crippen molar-refractivity contribution in [3.05, 3.63) is 83.9 Å². The van der Waals surface area contributed by atoms with Crippen LogP contribution in [-0.4, -0.2) is 5.97 Å². The van der Waals surface area contributed by atoms with E-state index in [2.05, 4.69) is 30.8 Å². The number of hydrogen-bond donors (Lipinski definition) is 0. The van der Waals surface area contributed by atoms with Crippen LogP contribution in [0, 0.1) is 0 Å². The molecule has 0 unspecified atom stereocenters. The van der Waals surface area contributed by atoms with Crippen LogP contribution in [0.25, 0.3) is 0 Å². The van der Waals surface area contributed by atoms with E-state index in [1.165, 1.54) is 17.2 Å². The van der Waals surface area contributed by atoms with Crippen LogP contribution in [-0.2, 0) is 22.6 Å². The van der Waals surface area contributed by atoms with Crippen LogP contribution in [0.5, 0.6) is 0 Å². The van der Waals surface area contributed by atoms with Gasteiger partial charge in [-0.2, -0.15) is 0 Å². The molecule has 0 spiro atoms. The molecule has 0 aliphatic rings. The smallest absolute Gasteiger partial charge is 0.330 e. The average molecular weight is 252 g/mol. The summed E-state index contributed by atoms with van der Waals surface area (Å²) in [6.07, 6.45) is 2.08. The lowest BCUT2D eigenvalue weighted by atomic mass is 10.0. The quantitative estimate of drug-likeness (QED) is 0.601. The highest BCUT2D eigenvalue weighted by Crippen LogP contribution is 2.11. The van der Waals surface area contributed by atoms with Gasteiger partial charge in [-0.25, -0.2) is 4.79 Å². The van der Waals surface area contributed by atoms with E-state index in [1.807, 2.05) is 30.3 Å². The minimum absolute atomic E-state index is 0.288. The first kappa shape index (κ1) is 13.1. The third-order valence-electron chi connectivity index (χ3n) is 2.82. The summed E-state index contributed by atoms with van der Waals surface area (Å²) >= 11 is 0. The zero-order chi connectivity index (χ0) is 13.5. The second-order valence-corrected chi connectivity index (χ2v) is 4.29. The van der Waals surface area contributed by atoms with E-state index in [1.54, 1.807) is 0 Å². The van der Waals surface area contributed by atoms with Crippen molar-refractivity contribution in [2.45, 2.75) is 13.0 Å². The van der Waals surface area contributed by atoms with Crippen molar-refractivity contribution in [1.82, 2.24) is 0 Å². The van der Waals surface area contributed by atoms with Crippen molar-refractivity contribution < 1.29 is 9.53 Å². The van der Waals surface area contributed by atoms with Gasteiger partial charge in [-0.1, -0.05) is 61.2 Å². The number of carbonyl (C=O) groups is 1. The number of ether oxygens (including phenoxy) is 1. The van der Waals surface area contributed by atoms with Gasteiger partial charge in [0.2, 0.25) is 0 Å². The van der Waals surface area contributed by atoms with E-state index in [4.69, 9.17) is 4.74 Å². The minimum Gasteiger partial charge on any atom is -0.458 e. The molecule has 0 saturated heterocycles. The summed E-state index contributed by atoms with van der Waals surface area (Å²) in [6.45, 7) is 3.65. The molecule has 0 aliphatic carbocycles. The van der Waals surface area contributed by atoms with Crippen LogP contribution < -0.4 is 0 Å². The normalized spacial score (nSPS) is 9.89. The van der Waals surface area contributed by atoms with Crippen molar-refractivity contribution >= 4 is 5.97 Å². The van der Waals surface area contributed by atoms with E-state index in [9.17, 15) is 4.79 Å². The standard InChI is InChI=1S/C17H16O2/c1-2-17(18)19-13-16-10-8-15(9-11-16)12-14-6-4-3-5-7-14/h2-11H,1,12-13H2. The average Bonchev–Trinajstić information content (AvgIpc) is 2.47. The van der Waals surface area contributed by atoms with E-state index >= 15 is 0 Å². The van der Waals surface area contributed by atoms with Gasteiger partial charge in [0.25, 0.3) is 0 Å². The van der Waals surface area contributed by atoms with Gasteiger partial charge < -0.3 is 4.74 Å². The Hall–Kier alpha value is -2.35. The summed E-state index contributed by atoms with van der Waals surface area (Å²) < 4.78 is 4.98. The topological polar surface area (TPSA) is 26.3 Å². The molecular formula is C17H16O2. The summed E-state index contributed by atoms with van der Waals surface area (Å²) in [7, 11) is 0. The Morgan fingerprint density at radius 2 is 1.53 bits per heavy atom. The van der Waals surface area contributed by atoms with Crippen LogP contribution >= 0.6 is 0 Å². The Labute approximate surface area is 113 Å². The minimum atomic E-state index is -0.395. The summed E-state index contributed by atoms with van der Waals surface area (Å²) in [5.41, 5.74) is 3.50. The van der Waals surface area contributed by atoms with Gasteiger partial charge in [-0.15, -0.1) is 0 Å². The van der Waals surface area contributed by atoms with E-state index in [0.29, 0.717) is 0 Å². The molecule has 19 heavy (non-hydrogen) atoms. The fourth-order valence-electron chi connectivity index (χ4n) is 1.80. The van der Waals surface area contributed by atoms with Crippen molar-refractivity contribution in [2.75, 3.05) is 0 Å². The molecule has 0 heterocycles. The maximum absolute atomic E-state index is 11.0. The van der Waals surface area contributed by atoms with Gasteiger partial charge in [0.05, 0.1) is 0 Å². The third kappa shape index (κ3) is 4.11. The lowest BCUT2D eigenvalue weighted by Gasteiger charge is -2.05. The molecule has 0 amide bonds. The van der Waals surface area contributed by atoms with Crippen molar-refractivity contribution in [3.8, 4) is 0 Å².